The minimum atomic E-state index is 0.285. The lowest BCUT2D eigenvalue weighted by atomic mass is 10.1. The molecule has 1 saturated heterocycles. The lowest BCUT2D eigenvalue weighted by Gasteiger charge is -2.14. The molecule has 7 heteroatoms. The standard InChI is InChI=1S/C20H24N4O2S/c1-13-6-8-16(9-7-13)19-23-22-18(26-19)12-27-20-21-14(2)15(3)24(20)11-17-5-4-10-25-17/h6-9,17H,4-5,10-12H2,1-3H3. The van der Waals surface area contributed by atoms with Crippen molar-refractivity contribution in [1.82, 2.24) is 19.7 Å². The summed E-state index contributed by atoms with van der Waals surface area (Å²) in [4.78, 5) is 4.72. The van der Waals surface area contributed by atoms with Crippen molar-refractivity contribution in [1.29, 1.82) is 0 Å². The average Bonchev–Trinajstić information content (AvgIpc) is 3.39. The third-order valence-electron chi connectivity index (χ3n) is 4.92. The summed E-state index contributed by atoms with van der Waals surface area (Å²) in [5.41, 5.74) is 4.40. The maximum atomic E-state index is 5.84. The highest BCUT2D eigenvalue weighted by molar-refractivity contribution is 7.98. The fourth-order valence-corrected chi connectivity index (χ4v) is 4.13. The van der Waals surface area contributed by atoms with Gasteiger partial charge in [0.15, 0.2) is 5.16 Å². The smallest absolute Gasteiger partial charge is 0.247 e. The van der Waals surface area contributed by atoms with Gasteiger partial charge in [-0.3, -0.25) is 0 Å². The van der Waals surface area contributed by atoms with Gasteiger partial charge in [0.1, 0.15) is 0 Å². The third kappa shape index (κ3) is 4.09. The van der Waals surface area contributed by atoms with Crippen LogP contribution in [-0.4, -0.2) is 32.5 Å². The summed E-state index contributed by atoms with van der Waals surface area (Å²) in [5.74, 6) is 1.76. The van der Waals surface area contributed by atoms with Crippen LogP contribution in [0.4, 0.5) is 0 Å². The van der Waals surface area contributed by atoms with Crippen LogP contribution in [0.15, 0.2) is 33.8 Å². The summed E-state index contributed by atoms with van der Waals surface area (Å²) < 4.78 is 13.9. The Labute approximate surface area is 163 Å². The van der Waals surface area contributed by atoms with Crippen LogP contribution in [0.25, 0.3) is 11.5 Å². The van der Waals surface area contributed by atoms with E-state index in [1.165, 1.54) is 11.3 Å². The summed E-state index contributed by atoms with van der Waals surface area (Å²) >= 11 is 1.63. The van der Waals surface area contributed by atoms with E-state index >= 15 is 0 Å². The number of nitrogens with zero attached hydrogens (tertiary/aromatic N) is 4. The third-order valence-corrected chi connectivity index (χ3v) is 5.88. The predicted molar refractivity (Wildman–Crippen MR) is 105 cm³/mol. The van der Waals surface area contributed by atoms with Gasteiger partial charge in [0.25, 0.3) is 0 Å². The second-order valence-electron chi connectivity index (χ2n) is 6.97. The summed E-state index contributed by atoms with van der Waals surface area (Å²) in [5, 5.41) is 9.35. The Bertz CT molecular complexity index is 911. The molecule has 3 heterocycles. The monoisotopic (exact) mass is 384 g/mol. The molecule has 1 atom stereocenters. The van der Waals surface area contributed by atoms with E-state index in [0.29, 0.717) is 17.5 Å². The number of aryl methyl sites for hydroxylation is 2. The van der Waals surface area contributed by atoms with Crippen LogP contribution in [0.2, 0.25) is 0 Å². The van der Waals surface area contributed by atoms with E-state index in [1.807, 2.05) is 31.2 Å². The number of hydrogen-bond donors (Lipinski definition) is 0. The first-order chi connectivity index (χ1) is 13.1. The summed E-state index contributed by atoms with van der Waals surface area (Å²) in [7, 11) is 0. The van der Waals surface area contributed by atoms with E-state index in [9.17, 15) is 0 Å². The van der Waals surface area contributed by atoms with Crippen molar-refractivity contribution >= 4 is 11.8 Å². The maximum absolute atomic E-state index is 5.84. The molecular formula is C20H24N4O2S. The number of benzene rings is 1. The fraction of sp³-hybridized carbons (Fsp3) is 0.450. The first-order valence-electron chi connectivity index (χ1n) is 9.27. The Hall–Kier alpha value is -2.12. The molecule has 0 saturated carbocycles. The van der Waals surface area contributed by atoms with Crippen LogP contribution < -0.4 is 0 Å². The number of hydrogen-bond acceptors (Lipinski definition) is 6. The van der Waals surface area contributed by atoms with Crippen LogP contribution >= 0.6 is 11.8 Å². The van der Waals surface area contributed by atoms with Crippen molar-refractivity contribution in [3.05, 3.63) is 47.1 Å². The lowest BCUT2D eigenvalue weighted by Crippen LogP contribution is -2.16. The highest BCUT2D eigenvalue weighted by atomic mass is 32.2. The van der Waals surface area contributed by atoms with Gasteiger partial charge in [-0.2, -0.15) is 0 Å². The van der Waals surface area contributed by atoms with E-state index in [1.54, 1.807) is 11.8 Å². The molecular weight excluding hydrogens is 360 g/mol. The molecule has 1 aromatic carbocycles. The van der Waals surface area contributed by atoms with Crippen molar-refractivity contribution in [2.75, 3.05) is 6.61 Å². The van der Waals surface area contributed by atoms with E-state index < -0.39 is 0 Å². The van der Waals surface area contributed by atoms with Gasteiger partial charge in [-0.1, -0.05) is 29.5 Å². The molecule has 1 aliphatic heterocycles. The van der Waals surface area contributed by atoms with Gasteiger partial charge < -0.3 is 13.7 Å². The van der Waals surface area contributed by atoms with Crippen LogP contribution in [0.5, 0.6) is 0 Å². The average molecular weight is 385 g/mol. The number of imidazole rings is 1. The topological polar surface area (TPSA) is 66.0 Å². The number of aromatic nitrogens is 4. The van der Waals surface area contributed by atoms with E-state index in [2.05, 4.69) is 28.6 Å². The minimum absolute atomic E-state index is 0.285. The largest absolute Gasteiger partial charge is 0.420 e. The van der Waals surface area contributed by atoms with Crippen molar-refractivity contribution in [2.45, 2.75) is 57.2 Å². The number of ether oxygens (including phenoxy) is 1. The van der Waals surface area contributed by atoms with Crippen LogP contribution in [-0.2, 0) is 17.0 Å². The minimum Gasteiger partial charge on any atom is -0.420 e. The molecule has 0 amide bonds. The van der Waals surface area contributed by atoms with Crippen LogP contribution in [0.1, 0.15) is 35.7 Å². The van der Waals surface area contributed by atoms with Gasteiger partial charge in [0.2, 0.25) is 11.8 Å². The van der Waals surface area contributed by atoms with Crippen molar-refractivity contribution in [3.8, 4) is 11.5 Å². The predicted octanol–water partition coefficient (Wildman–Crippen LogP) is 4.33. The fourth-order valence-electron chi connectivity index (χ4n) is 3.19. The second-order valence-corrected chi connectivity index (χ2v) is 7.91. The molecule has 27 heavy (non-hydrogen) atoms. The molecule has 0 bridgehead atoms. The Balaban J connectivity index is 1.46. The van der Waals surface area contributed by atoms with E-state index in [0.717, 1.165) is 42.4 Å². The zero-order valence-corrected chi connectivity index (χ0v) is 16.8. The first kappa shape index (κ1) is 18.3. The Kier molecular flexibility index (Phi) is 5.31. The Morgan fingerprint density at radius 2 is 1.96 bits per heavy atom. The number of thioether (sulfide) groups is 1. The molecule has 2 aromatic heterocycles. The highest BCUT2D eigenvalue weighted by Gasteiger charge is 2.21. The van der Waals surface area contributed by atoms with Crippen LogP contribution in [0.3, 0.4) is 0 Å². The van der Waals surface area contributed by atoms with Crippen molar-refractivity contribution in [2.24, 2.45) is 0 Å². The Morgan fingerprint density at radius 3 is 2.70 bits per heavy atom. The Morgan fingerprint density at radius 1 is 1.15 bits per heavy atom. The molecule has 0 N–H and O–H groups in total. The molecule has 1 fully saturated rings. The van der Waals surface area contributed by atoms with E-state index in [4.69, 9.17) is 14.1 Å². The van der Waals surface area contributed by atoms with Gasteiger partial charge in [0.05, 0.1) is 24.1 Å². The maximum Gasteiger partial charge on any atom is 0.247 e. The molecule has 142 valence electrons. The summed E-state index contributed by atoms with van der Waals surface area (Å²) in [6.45, 7) is 7.94. The quantitative estimate of drug-likeness (QED) is 0.589. The van der Waals surface area contributed by atoms with Crippen molar-refractivity contribution < 1.29 is 9.15 Å². The van der Waals surface area contributed by atoms with Gasteiger partial charge in [-0.25, -0.2) is 4.98 Å². The van der Waals surface area contributed by atoms with Gasteiger partial charge in [0, 0.05) is 17.9 Å². The zero-order valence-electron chi connectivity index (χ0n) is 15.9. The zero-order chi connectivity index (χ0) is 18.8. The SMILES string of the molecule is Cc1ccc(-c2nnc(CSc3nc(C)c(C)n3CC3CCCO3)o2)cc1. The first-order valence-corrected chi connectivity index (χ1v) is 10.3. The number of rotatable bonds is 6. The van der Waals surface area contributed by atoms with Crippen LogP contribution in [0, 0.1) is 20.8 Å². The van der Waals surface area contributed by atoms with Gasteiger partial charge in [-0.15, -0.1) is 10.2 Å². The van der Waals surface area contributed by atoms with Gasteiger partial charge >= 0.3 is 0 Å². The molecule has 4 rings (SSSR count). The molecule has 3 aromatic rings. The highest BCUT2D eigenvalue weighted by Crippen LogP contribution is 2.27. The lowest BCUT2D eigenvalue weighted by molar-refractivity contribution is 0.0945. The molecule has 0 aliphatic carbocycles. The molecule has 6 nitrogen and oxygen atoms in total. The van der Waals surface area contributed by atoms with Crippen molar-refractivity contribution in [3.63, 3.8) is 0 Å². The summed E-state index contributed by atoms with van der Waals surface area (Å²) in [6, 6.07) is 8.09. The summed E-state index contributed by atoms with van der Waals surface area (Å²) in [6.07, 6.45) is 2.54. The molecule has 1 aliphatic rings. The van der Waals surface area contributed by atoms with E-state index in [-0.39, 0.29) is 6.10 Å². The molecule has 0 radical (unpaired) electrons. The second kappa shape index (κ2) is 7.86. The molecule has 0 spiro atoms. The molecule has 1 unspecified atom stereocenters. The van der Waals surface area contributed by atoms with Gasteiger partial charge in [-0.05, 0) is 45.7 Å². The normalized spacial score (nSPS) is 16.9.